The minimum Gasteiger partial charge on any atom is -0.290 e. The van der Waals surface area contributed by atoms with Crippen molar-refractivity contribution in [1.82, 2.24) is 0 Å². The van der Waals surface area contributed by atoms with Crippen LogP contribution in [0.1, 0.15) is 59.7 Å². The average Bonchev–Trinajstić information content (AvgIpc) is 2.73. The summed E-state index contributed by atoms with van der Waals surface area (Å²) in [5.74, 6) is -1.29. The van der Waals surface area contributed by atoms with Crippen molar-refractivity contribution in [1.29, 1.82) is 0 Å². The molecule has 0 saturated heterocycles. The highest BCUT2D eigenvalue weighted by Gasteiger charge is 2.19. The third kappa shape index (κ3) is 7.60. The van der Waals surface area contributed by atoms with Crippen LogP contribution in [0.2, 0.25) is 0 Å². The molecule has 6 nitrogen and oxygen atoms in total. The zero-order chi connectivity index (χ0) is 19.3. The van der Waals surface area contributed by atoms with Crippen LogP contribution < -0.4 is 0 Å². The summed E-state index contributed by atoms with van der Waals surface area (Å²) in [6.45, 7) is 2.10. The van der Waals surface area contributed by atoms with Crippen LogP contribution in [-0.2, 0) is 19.6 Å². The van der Waals surface area contributed by atoms with Crippen LogP contribution >= 0.6 is 0 Å². The van der Waals surface area contributed by atoms with Gasteiger partial charge < -0.3 is 0 Å². The lowest BCUT2D eigenvalue weighted by atomic mass is 10.1. The fraction of sp³-hybridized carbons (Fsp3) is 0.333. The Labute approximate surface area is 158 Å². The Balaban J connectivity index is 1.86. The van der Waals surface area contributed by atoms with Gasteiger partial charge in [-0.2, -0.15) is 0 Å². The van der Waals surface area contributed by atoms with Gasteiger partial charge in [0, 0.05) is 6.42 Å². The van der Waals surface area contributed by atoms with Gasteiger partial charge in [0.15, 0.2) is 0 Å². The molecule has 2 aromatic carbocycles. The quantitative estimate of drug-likeness (QED) is 0.243. The van der Waals surface area contributed by atoms with Crippen molar-refractivity contribution in [2.24, 2.45) is 0 Å². The smallest absolute Gasteiger partial charge is 0.290 e. The van der Waals surface area contributed by atoms with Gasteiger partial charge in [-0.3, -0.25) is 9.78 Å². The maximum absolute atomic E-state index is 12.0. The molecule has 2 rings (SSSR count). The van der Waals surface area contributed by atoms with E-state index in [0.29, 0.717) is 17.5 Å². The van der Waals surface area contributed by atoms with Gasteiger partial charge >= 0.3 is 11.9 Å². The van der Waals surface area contributed by atoms with Gasteiger partial charge in [0.05, 0.1) is 11.1 Å². The zero-order valence-electron chi connectivity index (χ0n) is 15.3. The molecule has 0 atom stereocenters. The molecule has 0 aliphatic heterocycles. The third-order valence-electron chi connectivity index (χ3n) is 3.77. The molecule has 0 bridgehead atoms. The second-order valence-corrected chi connectivity index (χ2v) is 5.94. The molecule has 6 heteroatoms. The Morgan fingerprint density at radius 3 is 1.67 bits per heavy atom. The molecule has 0 aromatic heterocycles. The van der Waals surface area contributed by atoms with Crippen molar-refractivity contribution in [3.05, 3.63) is 71.8 Å². The van der Waals surface area contributed by atoms with Crippen LogP contribution in [0.25, 0.3) is 0 Å². The lowest BCUT2D eigenvalue weighted by molar-refractivity contribution is -0.421. The highest BCUT2D eigenvalue weighted by Crippen LogP contribution is 2.13. The van der Waals surface area contributed by atoms with Crippen molar-refractivity contribution in [2.45, 2.75) is 45.3 Å². The van der Waals surface area contributed by atoms with Gasteiger partial charge in [0.1, 0.15) is 0 Å². The predicted molar refractivity (Wildman–Crippen MR) is 98.4 cm³/mol. The SMILES string of the molecule is CCCCCCC(OOC(=O)c1ccccc1)OOC(=O)c1ccccc1. The molecule has 0 aliphatic carbocycles. The Kier molecular flexibility index (Phi) is 9.03. The summed E-state index contributed by atoms with van der Waals surface area (Å²) in [5, 5.41) is 0. The second kappa shape index (κ2) is 11.8. The summed E-state index contributed by atoms with van der Waals surface area (Å²) in [6.07, 6.45) is 3.33. The molecule has 0 aliphatic rings. The van der Waals surface area contributed by atoms with E-state index in [4.69, 9.17) is 19.6 Å². The molecule has 27 heavy (non-hydrogen) atoms. The molecule has 0 saturated carbocycles. The van der Waals surface area contributed by atoms with Crippen LogP contribution in [-0.4, -0.2) is 18.2 Å². The van der Waals surface area contributed by atoms with Crippen molar-refractivity contribution >= 4 is 11.9 Å². The summed E-state index contributed by atoms with van der Waals surface area (Å²) in [4.78, 5) is 43.8. The van der Waals surface area contributed by atoms with E-state index in [1.807, 2.05) is 0 Å². The van der Waals surface area contributed by atoms with Gasteiger partial charge in [0.25, 0.3) is 0 Å². The highest BCUT2D eigenvalue weighted by atomic mass is 17.3. The normalized spacial score (nSPS) is 10.6. The first-order valence-electron chi connectivity index (χ1n) is 9.06. The predicted octanol–water partition coefficient (Wildman–Crippen LogP) is 4.86. The van der Waals surface area contributed by atoms with Crippen LogP contribution in [0.5, 0.6) is 0 Å². The molecule has 0 spiro atoms. The second-order valence-electron chi connectivity index (χ2n) is 5.94. The monoisotopic (exact) mass is 372 g/mol. The molecule has 0 amide bonds. The van der Waals surface area contributed by atoms with Gasteiger partial charge in [0.2, 0.25) is 6.29 Å². The number of carbonyl (C=O) groups is 2. The highest BCUT2D eigenvalue weighted by molar-refractivity contribution is 5.89. The number of benzene rings is 2. The third-order valence-corrected chi connectivity index (χ3v) is 3.77. The van der Waals surface area contributed by atoms with E-state index in [9.17, 15) is 9.59 Å². The summed E-state index contributed by atoms with van der Waals surface area (Å²) in [6, 6.07) is 16.9. The van der Waals surface area contributed by atoms with E-state index in [0.717, 1.165) is 25.7 Å². The number of unbranched alkanes of at least 4 members (excludes halogenated alkanes) is 3. The summed E-state index contributed by atoms with van der Waals surface area (Å²) in [7, 11) is 0. The number of hydrogen-bond donors (Lipinski definition) is 0. The van der Waals surface area contributed by atoms with Crippen LogP contribution in [0.4, 0.5) is 0 Å². The molecular weight excluding hydrogens is 348 g/mol. The summed E-state index contributed by atoms with van der Waals surface area (Å²) >= 11 is 0. The van der Waals surface area contributed by atoms with Gasteiger partial charge in [-0.15, -0.1) is 9.78 Å². The van der Waals surface area contributed by atoms with Crippen LogP contribution in [0.15, 0.2) is 60.7 Å². The standard InChI is InChI=1S/C21H24O6/c1-2-3-4-11-16-19(24-26-20(22)17-12-7-5-8-13-17)25-27-21(23)18-14-9-6-10-15-18/h5-10,12-15,19H,2-4,11,16H2,1H3. The lowest BCUT2D eigenvalue weighted by Gasteiger charge is -2.15. The molecular formula is C21H24O6. The lowest BCUT2D eigenvalue weighted by Crippen LogP contribution is -2.22. The first-order valence-corrected chi connectivity index (χ1v) is 9.06. The Bertz CT molecular complexity index is 631. The minimum absolute atomic E-state index is 0.350. The molecule has 0 fully saturated rings. The molecule has 0 N–H and O–H groups in total. The van der Waals surface area contributed by atoms with Crippen molar-refractivity contribution < 1.29 is 29.1 Å². The van der Waals surface area contributed by atoms with E-state index in [1.54, 1.807) is 60.7 Å². The Hall–Kier alpha value is -2.70. The van der Waals surface area contributed by atoms with E-state index in [-0.39, 0.29) is 0 Å². The topological polar surface area (TPSA) is 71.1 Å². The fourth-order valence-corrected chi connectivity index (χ4v) is 2.29. The molecule has 144 valence electrons. The molecule has 0 radical (unpaired) electrons. The van der Waals surface area contributed by atoms with E-state index in [1.165, 1.54) is 0 Å². The maximum Gasteiger partial charge on any atom is 0.373 e. The minimum atomic E-state index is -0.998. The molecule has 0 unspecified atom stereocenters. The molecule has 0 heterocycles. The van der Waals surface area contributed by atoms with Gasteiger partial charge in [-0.05, 0) is 30.7 Å². The molecule has 2 aromatic rings. The van der Waals surface area contributed by atoms with Crippen LogP contribution in [0.3, 0.4) is 0 Å². The Morgan fingerprint density at radius 2 is 1.22 bits per heavy atom. The van der Waals surface area contributed by atoms with Crippen molar-refractivity contribution in [2.75, 3.05) is 0 Å². The van der Waals surface area contributed by atoms with E-state index >= 15 is 0 Å². The van der Waals surface area contributed by atoms with Gasteiger partial charge in [-0.25, -0.2) is 9.59 Å². The number of rotatable bonds is 11. The first-order chi connectivity index (χ1) is 13.2. The summed E-state index contributed by atoms with van der Waals surface area (Å²) in [5.41, 5.74) is 0.701. The maximum atomic E-state index is 12.0. The summed E-state index contributed by atoms with van der Waals surface area (Å²) < 4.78 is 0. The Morgan fingerprint density at radius 1 is 0.741 bits per heavy atom. The average molecular weight is 372 g/mol. The van der Waals surface area contributed by atoms with Gasteiger partial charge in [-0.1, -0.05) is 62.6 Å². The first kappa shape index (κ1) is 20.6. The van der Waals surface area contributed by atoms with E-state index < -0.39 is 18.2 Å². The zero-order valence-corrected chi connectivity index (χ0v) is 15.3. The van der Waals surface area contributed by atoms with Crippen molar-refractivity contribution in [3.8, 4) is 0 Å². The largest absolute Gasteiger partial charge is 0.373 e. The van der Waals surface area contributed by atoms with Crippen molar-refractivity contribution in [3.63, 3.8) is 0 Å². The fourth-order valence-electron chi connectivity index (χ4n) is 2.29. The number of carbonyl (C=O) groups excluding carboxylic acids is 2. The van der Waals surface area contributed by atoms with Crippen LogP contribution in [0, 0.1) is 0 Å². The van der Waals surface area contributed by atoms with E-state index in [2.05, 4.69) is 6.92 Å². The number of hydrogen-bond acceptors (Lipinski definition) is 6.